The van der Waals surface area contributed by atoms with Gasteiger partial charge in [-0.1, -0.05) is 18.3 Å². The fourth-order valence-electron chi connectivity index (χ4n) is 2.62. The number of ether oxygens (including phenoxy) is 4. The van der Waals surface area contributed by atoms with E-state index in [1.807, 2.05) is 43.3 Å². The molecule has 0 saturated heterocycles. The molecule has 0 bridgehead atoms. The molecule has 0 heterocycles. The minimum Gasteiger partial charge on any atom is -0.551 e. The summed E-state index contributed by atoms with van der Waals surface area (Å²) in [5, 5.41) is 3.20. The smallest absolute Gasteiger partial charge is 0.163 e. The first-order chi connectivity index (χ1) is 13.0. The molecule has 0 aliphatic rings. The van der Waals surface area contributed by atoms with Crippen LogP contribution < -0.4 is 24.3 Å². The molecule has 0 atom stereocenters. The molecule has 7 heteroatoms. The number of aryl methyl sites for hydroxylation is 1. The van der Waals surface area contributed by atoms with E-state index >= 15 is 0 Å². The number of methoxy groups -OCH3 is 4. The topological polar surface area (TPSA) is 49.0 Å². The van der Waals surface area contributed by atoms with E-state index in [4.69, 9.17) is 31.2 Å². The summed E-state index contributed by atoms with van der Waals surface area (Å²) in [6, 6.07) is 10.7. The van der Waals surface area contributed by atoms with Crippen molar-refractivity contribution in [2.75, 3.05) is 28.4 Å². The molecule has 0 fully saturated rings. The van der Waals surface area contributed by atoms with Gasteiger partial charge in [0.25, 0.3) is 0 Å². The van der Waals surface area contributed by atoms with Crippen molar-refractivity contribution in [1.29, 1.82) is 0 Å². The Hall–Kier alpha value is -1.63. The van der Waals surface area contributed by atoms with Gasteiger partial charge in [-0.25, -0.2) is 0 Å². The fraction of sp³-hybridized carbons (Fsp3) is 0.286. The molecule has 0 aliphatic carbocycles. The summed E-state index contributed by atoms with van der Waals surface area (Å²) < 4.78 is 21.2. The van der Waals surface area contributed by atoms with Crippen LogP contribution in [0.5, 0.6) is 23.0 Å². The molecule has 2 rings (SSSR count). The third-order valence-electron chi connectivity index (χ3n) is 3.93. The van der Waals surface area contributed by atoms with E-state index in [0.29, 0.717) is 28.8 Å². The van der Waals surface area contributed by atoms with Crippen LogP contribution in [-0.4, -0.2) is 33.4 Å². The van der Waals surface area contributed by atoms with Gasteiger partial charge >= 0.3 is 0 Å². The Kier molecular flexibility index (Phi) is 10.5. The largest absolute Gasteiger partial charge is 0.551 e. The average molecular weight is 475 g/mol. The van der Waals surface area contributed by atoms with Crippen LogP contribution in [0.4, 0.5) is 0 Å². The first-order valence-corrected chi connectivity index (χ1v) is 8.74. The monoisotopic (exact) mass is 475 g/mol. The van der Waals surface area contributed by atoms with Crippen molar-refractivity contribution in [1.82, 2.24) is 5.32 Å². The van der Waals surface area contributed by atoms with Gasteiger partial charge in [0.05, 0.1) is 33.4 Å². The normalized spacial score (nSPS) is 10.2. The average Bonchev–Trinajstić information content (AvgIpc) is 2.69. The van der Waals surface area contributed by atoms with Crippen LogP contribution in [-0.2, 0) is 39.3 Å². The van der Waals surface area contributed by atoms with Gasteiger partial charge in [0.15, 0.2) is 11.5 Å². The Morgan fingerprint density at radius 3 is 2.36 bits per heavy atom. The minimum atomic E-state index is 0. The predicted octanol–water partition coefficient (Wildman–Crippen LogP) is 3.96. The second kappa shape index (κ2) is 12.0. The number of rotatable bonds is 8. The molecule has 0 spiro atoms. The van der Waals surface area contributed by atoms with Gasteiger partial charge in [0.2, 0.25) is 0 Å². The van der Waals surface area contributed by atoms with Crippen LogP contribution in [0.3, 0.4) is 0 Å². The molecule has 2 aromatic carbocycles. The number of hydrogen-bond acceptors (Lipinski definition) is 5. The Morgan fingerprint density at radius 2 is 1.75 bits per heavy atom. The van der Waals surface area contributed by atoms with Crippen LogP contribution in [0, 0.1) is 13.0 Å². The summed E-state index contributed by atoms with van der Waals surface area (Å²) in [5.74, 6) is 2.64. The number of benzene rings is 2. The molecule has 0 unspecified atom stereocenters. The zero-order valence-electron chi connectivity index (χ0n) is 16.8. The molecular formula is C21H24NO4SY-. The molecule has 0 aliphatic heterocycles. The maximum atomic E-state index is 5.38. The molecule has 0 saturated carbocycles. The Bertz CT molecular complexity index is 839. The quantitative estimate of drug-likeness (QED) is 0.355. The Labute approximate surface area is 197 Å². The Morgan fingerprint density at radius 1 is 1.04 bits per heavy atom. The van der Waals surface area contributed by atoms with Crippen molar-refractivity contribution < 1.29 is 51.7 Å². The van der Waals surface area contributed by atoms with Gasteiger partial charge in [0.1, 0.15) is 0 Å². The van der Waals surface area contributed by atoms with Gasteiger partial charge in [0, 0.05) is 44.2 Å². The second-order valence-corrected chi connectivity index (χ2v) is 6.17. The summed E-state index contributed by atoms with van der Waals surface area (Å²) >= 11 is 5.38. The van der Waals surface area contributed by atoms with Crippen LogP contribution in [0.15, 0.2) is 30.3 Å². The molecule has 0 amide bonds. The van der Waals surface area contributed by atoms with Crippen LogP contribution in [0.25, 0.3) is 6.08 Å². The van der Waals surface area contributed by atoms with Gasteiger partial charge in [-0.15, -0.1) is 17.7 Å². The molecule has 1 radical (unpaired) electrons. The van der Waals surface area contributed by atoms with E-state index in [9.17, 15) is 0 Å². The van der Waals surface area contributed by atoms with Crippen LogP contribution >= 0.6 is 12.2 Å². The summed E-state index contributed by atoms with van der Waals surface area (Å²) in [6.07, 6.45) is 3.78. The summed E-state index contributed by atoms with van der Waals surface area (Å²) in [7, 11) is 6.44. The number of hydrogen-bond donors (Lipinski definition) is 1. The maximum absolute atomic E-state index is 5.38. The maximum Gasteiger partial charge on any atom is 0.163 e. The van der Waals surface area contributed by atoms with Gasteiger partial charge in [-0.2, -0.15) is 6.07 Å². The van der Waals surface area contributed by atoms with Crippen LogP contribution in [0.2, 0.25) is 0 Å². The summed E-state index contributed by atoms with van der Waals surface area (Å²) in [6.45, 7) is 2.54. The third-order valence-corrected chi connectivity index (χ3v) is 4.21. The zero-order chi connectivity index (χ0) is 19.8. The second-order valence-electron chi connectivity index (χ2n) is 5.73. The van der Waals surface area contributed by atoms with Gasteiger partial charge in [-0.3, -0.25) is 0 Å². The van der Waals surface area contributed by atoms with Crippen molar-refractivity contribution in [3.63, 3.8) is 0 Å². The molecule has 1 N–H and O–H groups in total. The van der Waals surface area contributed by atoms with E-state index < -0.39 is 0 Å². The first kappa shape index (κ1) is 24.4. The SMILES string of the molecule is COc1[c-]cc(CNC(=S)/C=C/c2cc(C)c(OC)c(OC)c2)cc1OC.[Y]. The van der Waals surface area contributed by atoms with Crippen molar-refractivity contribution in [2.24, 2.45) is 0 Å². The number of thiocarbonyl (C=S) groups is 1. The van der Waals surface area contributed by atoms with Crippen molar-refractivity contribution in [3.05, 3.63) is 53.1 Å². The summed E-state index contributed by atoms with van der Waals surface area (Å²) in [4.78, 5) is 0.622. The zero-order valence-corrected chi connectivity index (χ0v) is 20.4. The standard InChI is InChI=1S/C21H24NO4S.Y/c1-14-10-15(11-19(25-4)21(14)26-5)7-9-20(27)22-13-16-6-8-17(23-2)18(12-16)24-3;/h6-7,9-12H,13H2,1-5H3,(H,22,27);/q-1;/b9-7+;. The summed E-state index contributed by atoms with van der Waals surface area (Å²) in [5.41, 5.74) is 2.97. The number of nitrogens with one attached hydrogen (secondary N) is 1. The molecular weight excluding hydrogens is 451 g/mol. The molecule has 0 aromatic heterocycles. The fourth-order valence-corrected chi connectivity index (χ4v) is 2.76. The van der Waals surface area contributed by atoms with Gasteiger partial charge < -0.3 is 24.3 Å². The third kappa shape index (κ3) is 6.47. The van der Waals surface area contributed by atoms with E-state index in [0.717, 1.165) is 22.4 Å². The molecule has 2 aromatic rings. The van der Waals surface area contributed by atoms with Crippen molar-refractivity contribution in [3.8, 4) is 23.0 Å². The Balaban J connectivity index is 0.00000392. The van der Waals surface area contributed by atoms with E-state index in [1.165, 1.54) is 0 Å². The van der Waals surface area contributed by atoms with Gasteiger partial charge in [-0.05, 0) is 42.8 Å². The van der Waals surface area contributed by atoms with Crippen molar-refractivity contribution in [2.45, 2.75) is 13.5 Å². The molecule has 28 heavy (non-hydrogen) atoms. The predicted molar refractivity (Wildman–Crippen MR) is 111 cm³/mol. The van der Waals surface area contributed by atoms with E-state index in [1.54, 1.807) is 28.4 Å². The molecule has 5 nitrogen and oxygen atoms in total. The van der Waals surface area contributed by atoms with E-state index in [2.05, 4.69) is 11.4 Å². The van der Waals surface area contributed by atoms with Crippen molar-refractivity contribution >= 4 is 23.3 Å². The first-order valence-electron chi connectivity index (χ1n) is 8.33. The minimum absolute atomic E-state index is 0. The molecule has 147 valence electrons. The van der Waals surface area contributed by atoms with Crippen LogP contribution in [0.1, 0.15) is 16.7 Å². The van der Waals surface area contributed by atoms with E-state index in [-0.39, 0.29) is 32.7 Å².